The molecule has 0 bridgehead atoms. The Bertz CT molecular complexity index is 1660. The predicted octanol–water partition coefficient (Wildman–Crippen LogP) is 12.0. The molecule has 222 valence electrons. The van der Waals surface area contributed by atoms with Gasteiger partial charge in [0, 0.05) is 44.2 Å². The summed E-state index contributed by atoms with van der Waals surface area (Å²) in [5.41, 5.74) is 16.9. The van der Waals surface area contributed by atoms with Gasteiger partial charge in [0.05, 0.1) is 0 Å². The molecule has 1 nitrogen and oxygen atoms in total. The van der Waals surface area contributed by atoms with E-state index in [0.29, 0.717) is 24.0 Å². The lowest BCUT2D eigenvalue weighted by Crippen LogP contribution is -2.21. The molecule has 1 fully saturated rings. The number of thiophene rings is 1. The summed E-state index contributed by atoms with van der Waals surface area (Å²) in [6.07, 6.45) is 16.2. The van der Waals surface area contributed by atoms with Gasteiger partial charge in [-0.05, 0) is 129 Å². The standard InChI is InChI=1S/C40H43ClOS/c1-7-30-23-37(29(6)20-26(30)3)39-24-32-12-9-8-10-15-36(40(32)43-39)34-17-18-35(28(5)21-27(34)4)38(42)19-16-25(2)31-13-11-14-33(41)22-31/h7-8,11-15,22-25,28,34-35H,4,10,16-19,21H2,1-3,5-6H3. The topological polar surface area (TPSA) is 17.1 Å². The number of rotatable bonds is 7. The van der Waals surface area contributed by atoms with E-state index in [1.807, 2.05) is 29.5 Å². The molecule has 3 aliphatic carbocycles. The van der Waals surface area contributed by atoms with E-state index in [1.165, 1.54) is 54.3 Å². The number of fused-ring (bicyclic) bond motifs is 1. The Morgan fingerprint density at radius 1 is 1.21 bits per heavy atom. The minimum atomic E-state index is 0.0788. The second-order valence-electron chi connectivity index (χ2n) is 12.5. The third-order valence-electron chi connectivity index (χ3n) is 9.48. The molecule has 4 atom stereocenters. The van der Waals surface area contributed by atoms with E-state index >= 15 is 0 Å². The largest absolute Gasteiger partial charge is 0.299 e. The van der Waals surface area contributed by atoms with Crippen LogP contribution in [0.25, 0.3) is 17.2 Å². The van der Waals surface area contributed by atoms with Gasteiger partial charge in [-0.15, -0.1) is 22.8 Å². The molecule has 0 amide bonds. The molecule has 4 unspecified atom stereocenters. The van der Waals surface area contributed by atoms with Crippen LogP contribution in [0, 0.1) is 17.8 Å². The average molecular weight is 607 g/mol. The number of carbonyl (C=O) groups excluding carboxylic acids is 1. The normalized spacial score (nSPS) is 23.8. The van der Waals surface area contributed by atoms with Crippen LogP contribution < -0.4 is 0 Å². The first-order valence-corrected chi connectivity index (χ1v) is 16.9. The van der Waals surface area contributed by atoms with Gasteiger partial charge in [0.2, 0.25) is 0 Å². The first-order valence-electron chi connectivity index (χ1n) is 15.7. The lowest BCUT2D eigenvalue weighted by Gasteiger charge is -2.22. The lowest BCUT2D eigenvalue weighted by atomic mass is 9.82. The van der Waals surface area contributed by atoms with Gasteiger partial charge in [-0.3, -0.25) is 4.79 Å². The zero-order valence-electron chi connectivity index (χ0n) is 26.2. The minimum Gasteiger partial charge on any atom is -0.299 e. The van der Waals surface area contributed by atoms with Gasteiger partial charge >= 0.3 is 0 Å². The molecule has 1 aromatic carbocycles. The van der Waals surface area contributed by atoms with Crippen molar-refractivity contribution < 1.29 is 4.79 Å². The Labute approximate surface area is 267 Å². The van der Waals surface area contributed by atoms with E-state index < -0.39 is 0 Å². The maximum Gasteiger partial charge on any atom is 0.136 e. The number of Topliss-reactive ketones (excluding diaryl/α,β-unsaturated/α-hetero) is 1. The Hall–Kier alpha value is -3.12. The summed E-state index contributed by atoms with van der Waals surface area (Å²) in [5, 5.41) is 0.754. The molecule has 1 saturated carbocycles. The number of ketones is 1. The van der Waals surface area contributed by atoms with Crippen molar-refractivity contribution in [3.8, 4) is 0 Å². The van der Waals surface area contributed by atoms with Crippen LogP contribution in [0.15, 0.2) is 95.0 Å². The molecule has 0 N–H and O–H groups in total. The molecule has 1 aromatic heterocycles. The Balaban J connectivity index is 1.36. The fraction of sp³-hybridized carbons (Fsp3) is 0.375. The molecule has 1 heterocycles. The van der Waals surface area contributed by atoms with E-state index in [-0.39, 0.29) is 11.8 Å². The fourth-order valence-electron chi connectivity index (χ4n) is 6.93. The Kier molecular flexibility index (Phi) is 9.95. The zero-order valence-corrected chi connectivity index (χ0v) is 27.8. The lowest BCUT2D eigenvalue weighted by molar-refractivity contribution is -0.124. The highest BCUT2D eigenvalue weighted by molar-refractivity contribution is 7.14. The molecule has 0 saturated heterocycles. The molecule has 2 aromatic rings. The first-order chi connectivity index (χ1) is 20.7. The predicted molar refractivity (Wildman–Crippen MR) is 186 cm³/mol. The van der Waals surface area contributed by atoms with Crippen LogP contribution >= 0.6 is 22.9 Å². The van der Waals surface area contributed by atoms with Gasteiger partial charge in [-0.25, -0.2) is 0 Å². The van der Waals surface area contributed by atoms with Gasteiger partial charge in [-0.1, -0.05) is 61.9 Å². The van der Waals surface area contributed by atoms with Crippen molar-refractivity contribution in [3.63, 3.8) is 0 Å². The van der Waals surface area contributed by atoms with E-state index in [1.54, 1.807) is 0 Å². The summed E-state index contributed by atoms with van der Waals surface area (Å²) in [6, 6.07) is 10.4. The highest BCUT2D eigenvalue weighted by atomic mass is 35.5. The molecule has 3 heteroatoms. The summed E-state index contributed by atoms with van der Waals surface area (Å²) >= 11 is 8.10. The second-order valence-corrected chi connectivity index (χ2v) is 14.0. The van der Waals surface area contributed by atoms with Crippen molar-refractivity contribution in [2.75, 3.05) is 0 Å². The molecule has 43 heavy (non-hydrogen) atoms. The fourth-order valence-corrected chi connectivity index (χ4v) is 8.43. The van der Waals surface area contributed by atoms with Crippen molar-refractivity contribution in [1.29, 1.82) is 0 Å². The van der Waals surface area contributed by atoms with Gasteiger partial charge < -0.3 is 0 Å². The molecule has 0 aliphatic heterocycles. The summed E-state index contributed by atoms with van der Waals surface area (Å²) in [7, 11) is 0. The van der Waals surface area contributed by atoms with Crippen LogP contribution in [0.1, 0.15) is 99.9 Å². The third kappa shape index (κ3) is 7.01. The van der Waals surface area contributed by atoms with Crippen molar-refractivity contribution in [2.24, 2.45) is 17.8 Å². The quantitative estimate of drug-likeness (QED) is 0.174. The van der Waals surface area contributed by atoms with E-state index in [4.69, 9.17) is 11.6 Å². The molecule has 0 spiro atoms. The van der Waals surface area contributed by atoms with Gasteiger partial charge in [0.15, 0.2) is 0 Å². The van der Waals surface area contributed by atoms with E-state index in [2.05, 4.69) is 95.2 Å². The molecule has 3 aliphatic rings. The second kappa shape index (κ2) is 13.7. The Morgan fingerprint density at radius 3 is 2.79 bits per heavy atom. The number of benzene rings is 1. The molecular weight excluding hydrogens is 564 g/mol. The van der Waals surface area contributed by atoms with Crippen molar-refractivity contribution in [3.05, 3.63) is 121 Å². The summed E-state index contributed by atoms with van der Waals surface area (Å²) < 4.78 is 0. The van der Waals surface area contributed by atoms with Crippen LogP contribution in [0.3, 0.4) is 0 Å². The van der Waals surface area contributed by atoms with Gasteiger partial charge in [0.1, 0.15) is 5.78 Å². The number of halogens is 1. The van der Waals surface area contributed by atoms with Gasteiger partial charge in [-0.2, -0.15) is 0 Å². The highest BCUT2D eigenvalue weighted by Gasteiger charge is 2.34. The highest BCUT2D eigenvalue weighted by Crippen LogP contribution is 2.47. The number of carbonyl (C=O) groups is 1. The molecule has 5 rings (SSSR count). The van der Waals surface area contributed by atoms with E-state index in [9.17, 15) is 4.79 Å². The average Bonchev–Trinajstić information content (AvgIpc) is 3.30. The zero-order chi connectivity index (χ0) is 30.7. The first kappa shape index (κ1) is 31.3. The summed E-state index contributed by atoms with van der Waals surface area (Å²) in [6.45, 7) is 15.5. The van der Waals surface area contributed by atoms with Crippen LogP contribution in [-0.2, 0) is 4.79 Å². The minimum absolute atomic E-state index is 0.0788. The maximum atomic E-state index is 13.6. The Morgan fingerprint density at radius 2 is 2.02 bits per heavy atom. The van der Waals surface area contributed by atoms with Crippen LogP contribution in [-0.4, -0.2) is 5.78 Å². The van der Waals surface area contributed by atoms with Crippen LogP contribution in [0.5, 0.6) is 0 Å². The number of hydrogen-bond acceptors (Lipinski definition) is 2. The van der Waals surface area contributed by atoms with Crippen molar-refractivity contribution in [2.45, 2.75) is 79.1 Å². The smallest absolute Gasteiger partial charge is 0.136 e. The third-order valence-corrected chi connectivity index (χ3v) is 11.0. The number of hydrogen-bond donors (Lipinski definition) is 0. The summed E-state index contributed by atoms with van der Waals surface area (Å²) in [4.78, 5) is 16.2. The monoisotopic (exact) mass is 606 g/mol. The van der Waals surface area contributed by atoms with Crippen LogP contribution in [0.4, 0.5) is 0 Å². The number of allylic oxidation sites excluding steroid dienone is 9. The summed E-state index contributed by atoms with van der Waals surface area (Å²) in [5.74, 6) is 1.34. The molecular formula is C40H43ClOS. The van der Waals surface area contributed by atoms with E-state index in [0.717, 1.165) is 37.1 Å². The van der Waals surface area contributed by atoms with Crippen LogP contribution in [0.2, 0.25) is 5.02 Å². The molecule has 0 radical (unpaired) electrons. The maximum absolute atomic E-state index is 13.6. The van der Waals surface area contributed by atoms with Gasteiger partial charge in [0.25, 0.3) is 0 Å². The van der Waals surface area contributed by atoms with Crippen molar-refractivity contribution >= 4 is 45.9 Å². The SMILES string of the molecule is C=C1CC(C)C(C(=O)CCC(C)c2cccc(Cl)c2)CCC1C1=CCC=C=Cc2cc(C3=CC(=CC)C(C)=C=C3C)sc21. The van der Waals surface area contributed by atoms with Crippen molar-refractivity contribution in [1.82, 2.24) is 0 Å².